The number of likely N-dealkylation sites (tertiary alicyclic amines) is 1. The Bertz CT molecular complexity index is 749. The van der Waals surface area contributed by atoms with Gasteiger partial charge < -0.3 is 10.6 Å². The summed E-state index contributed by atoms with van der Waals surface area (Å²) in [7, 11) is 0. The highest BCUT2D eigenvalue weighted by Crippen LogP contribution is 2.15. The molecule has 138 valence electrons. The molecule has 2 N–H and O–H groups in total. The molecule has 1 fully saturated rings. The average Bonchev–Trinajstić information content (AvgIpc) is 3.31. The highest BCUT2D eigenvalue weighted by molar-refractivity contribution is 7.13. The maximum absolute atomic E-state index is 11.9. The maximum Gasteiger partial charge on any atom is 0.261 e. The SMILES string of the molecule is Cc1ccc(C(=O)NCC(=O)NCc2ccc(CN3CCCC3)cc2)s1. The van der Waals surface area contributed by atoms with Crippen LogP contribution in [0, 0.1) is 6.92 Å². The lowest BCUT2D eigenvalue weighted by molar-refractivity contribution is -0.120. The molecule has 2 heterocycles. The second-order valence-corrected chi connectivity index (χ2v) is 7.96. The van der Waals surface area contributed by atoms with E-state index in [1.165, 1.54) is 42.8 Å². The van der Waals surface area contributed by atoms with Crippen LogP contribution in [0.4, 0.5) is 0 Å². The van der Waals surface area contributed by atoms with Crippen LogP contribution in [0.3, 0.4) is 0 Å². The summed E-state index contributed by atoms with van der Waals surface area (Å²) in [6, 6.07) is 12.0. The Hall–Kier alpha value is -2.18. The number of aryl methyl sites for hydroxylation is 1. The predicted octanol–water partition coefficient (Wildman–Crippen LogP) is 2.70. The fraction of sp³-hybridized carbons (Fsp3) is 0.400. The summed E-state index contributed by atoms with van der Waals surface area (Å²) in [5.41, 5.74) is 2.37. The zero-order chi connectivity index (χ0) is 18.4. The van der Waals surface area contributed by atoms with Gasteiger partial charge in [-0.05, 0) is 56.1 Å². The summed E-state index contributed by atoms with van der Waals surface area (Å²) in [6.07, 6.45) is 2.60. The second-order valence-electron chi connectivity index (χ2n) is 6.67. The number of hydrogen-bond donors (Lipinski definition) is 2. The molecule has 1 aromatic heterocycles. The number of thiophene rings is 1. The Morgan fingerprint density at radius 2 is 1.69 bits per heavy atom. The topological polar surface area (TPSA) is 61.4 Å². The number of nitrogens with one attached hydrogen (secondary N) is 2. The van der Waals surface area contributed by atoms with Crippen LogP contribution in [-0.4, -0.2) is 36.3 Å². The van der Waals surface area contributed by atoms with Crippen molar-refractivity contribution in [2.75, 3.05) is 19.6 Å². The fourth-order valence-corrected chi connectivity index (χ4v) is 3.81. The van der Waals surface area contributed by atoms with E-state index in [0.29, 0.717) is 11.4 Å². The first-order chi connectivity index (χ1) is 12.6. The summed E-state index contributed by atoms with van der Waals surface area (Å²) in [6.45, 7) is 5.79. The third-order valence-corrected chi connectivity index (χ3v) is 5.49. The molecule has 1 aliphatic heterocycles. The lowest BCUT2D eigenvalue weighted by Crippen LogP contribution is -2.36. The van der Waals surface area contributed by atoms with Crippen molar-refractivity contribution < 1.29 is 9.59 Å². The smallest absolute Gasteiger partial charge is 0.261 e. The highest BCUT2D eigenvalue weighted by atomic mass is 32.1. The van der Waals surface area contributed by atoms with Crippen molar-refractivity contribution in [3.63, 3.8) is 0 Å². The van der Waals surface area contributed by atoms with E-state index in [1.54, 1.807) is 6.07 Å². The van der Waals surface area contributed by atoms with E-state index in [0.717, 1.165) is 17.0 Å². The van der Waals surface area contributed by atoms with Crippen molar-refractivity contribution in [3.05, 3.63) is 57.3 Å². The van der Waals surface area contributed by atoms with Gasteiger partial charge in [-0.25, -0.2) is 0 Å². The summed E-state index contributed by atoms with van der Waals surface area (Å²) in [4.78, 5) is 28.0. The first-order valence-electron chi connectivity index (χ1n) is 9.01. The van der Waals surface area contributed by atoms with Crippen LogP contribution in [0.15, 0.2) is 36.4 Å². The monoisotopic (exact) mass is 371 g/mol. The first-order valence-corrected chi connectivity index (χ1v) is 9.83. The van der Waals surface area contributed by atoms with Crippen molar-refractivity contribution in [2.45, 2.75) is 32.9 Å². The van der Waals surface area contributed by atoms with E-state index in [2.05, 4.69) is 39.8 Å². The third kappa shape index (κ3) is 5.41. The zero-order valence-electron chi connectivity index (χ0n) is 15.1. The Kier molecular flexibility index (Phi) is 6.41. The third-order valence-electron chi connectivity index (χ3n) is 4.49. The first kappa shape index (κ1) is 18.6. The molecule has 3 rings (SSSR count). The van der Waals surface area contributed by atoms with Crippen LogP contribution in [-0.2, 0) is 17.9 Å². The number of rotatable bonds is 7. The lowest BCUT2D eigenvalue weighted by Gasteiger charge is -2.14. The number of nitrogens with zero attached hydrogens (tertiary/aromatic N) is 1. The molecule has 0 bridgehead atoms. The molecule has 6 heteroatoms. The molecule has 0 radical (unpaired) electrons. The van der Waals surface area contributed by atoms with Gasteiger partial charge in [-0.1, -0.05) is 24.3 Å². The number of benzene rings is 1. The van der Waals surface area contributed by atoms with Gasteiger partial charge in [0.05, 0.1) is 11.4 Å². The minimum Gasteiger partial charge on any atom is -0.350 e. The molecule has 2 amide bonds. The molecule has 1 aromatic carbocycles. The van der Waals surface area contributed by atoms with E-state index in [1.807, 2.05) is 13.0 Å². The van der Waals surface area contributed by atoms with Gasteiger partial charge in [-0.15, -0.1) is 11.3 Å². The van der Waals surface area contributed by atoms with Gasteiger partial charge in [0.2, 0.25) is 5.91 Å². The summed E-state index contributed by atoms with van der Waals surface area (Å²) in [5.74, 6) is -0.391. The fourth-order valence-electron chi connectivity index (χ4n) is 3.03. The van der Waals surface area contributed by atoms with Crippen molar-refractivity contribution >= 4 is 23.2 Å². The summed E-state index contributed by atoms with van der Waals surface area (Å²) >= 11 is 1.42. The van der Waals surface area contributed by atoms with Gasteiger partial charge in [0.1, 0.15) is 0 Å². The molecule has 1 aliphatic rings. The number of hydrogen-bond acceptors (Lipinski definition) is 4. The Balaban J connectivity index is 1.39. The van der Waals surface area contributed by atoms with Crippen LogP contribution >= 0.6 is 11.3 Å². The number of carbonyl (C=O) groups is 2. The molecule has 0 unspecified atom stereocenters. The summed E-state index contributed by atoms with van der Waals surface area (Å²) < 4.78 is 0. The Morgan fingerprint density at radius 1 is 1.00 bits per heavy atom. The quantitative estimate of drug-likeness (QED) is 0.787. The standard InChI is InChI=1S/C20H25N3O2S/c1-15-4-9-18(26-15)20(25)22-13-19(24)21-12-16-5-7-17(8-6-16)14-23-10-2-3-11-23/h4-9H,2-3,10-14H2,1H3,(H,21,24)(H,22,25). The zero-order valence-corrected chi connectivity index (χ0v) is 15.9. The van der Waals surface area contributed by atoms with Crippen LogP contribution in [0.5, 0.6) is 0 Å². The molecule has 5 nitrogen and oxygen atoms in total. The Labute approximate surface area is 158 Å². The molecule has 26 heavy (non-hydrogen) atoms. The minimum absolute atomic E-state index is 0.0111. The van der Waals surface area contributed by atoms with Crippen molar-refractivity contribution in [1.29, 1.82) is 0 Å². The van der Waals surface area contributed by atoms with Crippen molar-refractivity contribution in [1.82, 2.24) is 15.5 Å². The number of carbonyl (C=O) groups excluding carboxylic acids is 2. The van der Waals surface area contributed by atoms with E-state index in [-0.39, 0.29) is 18.4 Å². The Morgan fingerprint density at radius 3 is 2.35 bits per heavy atom. The highest BCUT2D eigenvalue weighted by Gasteiger charge is 2.12. The molecule has 0 saturated carbocycles. The molecule has 0 spiro atoms. The van der Waals surface area contributed by atoms with E-state index in [9.17, 15) is 9.59 Å². The van der Waals surface area contributed by atoms with E-state index >= 15 is 0 Å². The van der Waals surface area contributed by atoms with Crippen molar-refractivity contribution in [3.8, 4) is 0 Å². The molecular weight excluding hydrogens is 346 g/mol. The molecular formula is C20H25N3O2S. The molecule has 0 aliphatic carbocycles. The molecule has 2 aromatic rings. The van der Waals surface area contributed by atoms with Gasteiger partial charge in [0.25, 0.3) is 5.91 Å². The van der Waals surface area contributed by atoms with Gasteiger partial charge >= 0.3 is 0 Å². The van der Waals surface area contributed by atoms with Gasteiger partial charge in [-0.3, -0.25) is 14.5 Å². The van der Waals surface area contributed by atoms with Gasteiger partial charge in [0.15, 0.2) is 0 Å². The number of amides is 2. The lowest BCUT2D eigenvalue weighted by atomic mass is 10.1. The van der Waals surface area contributed by atoms with Gasteiger partial charge in [-0.2, -0.15) is 0 Å². The predicted molar refractivity (Wildman–Crippen MR) is 104 cm³/mol. The largest absolute Gasteiger partial charge is 0.350 e. The second kappa shape index (κ2) is 8.96. The van der Waals surface area contributed by atoms with E-state index < -0.39 is 0 Å². The normalized spacial score (nSPS) is 14.3. The van der Waals surface area contributed by atoms with Crippen LogP contribution in [0.1, 0.15) is 38.5 Å². The minimum atomic E-state index is -0.204. The average molecular weight is 372 g/mol. The van der Waals surface area contributed by atoms with Crippen LogP contribution in [0.25, 0.3) is 0 Å². The van der Waals surface area contributed by atoms with Gasteiger partial charge in [0, 0.05) is 18.0 Å². The van der Waals surface area contributed by atoms with Crippen LogP contribution in [0.2, 0.25) is 0 Å². The molecule has 0 atom stereocenters. The molecule has 1 saturated heterocycles. The van der Waals surface area contributed by atoms with E-state index in [4.69, 9.17) is 0 Å². The van der Waals surface area contributed by atoms with Crippen molar-refractivity contribution in [2.24, 2.45) is 0 Å². The maximum atomic E-state index is 11.9. The summed E-state index contributed by atoms with van der Waals surface area (Å²) in [5, 5.41) is 5.49. The van der Waals surface area contributed by atoms with Crippen LogP contribution < -0.4 is 10.6 Å².